The van der Waals surface area contributed by atoms with Crippen molar-refractivity contribution < 1.29 is 38.2 Å². The van der Waals surface area contributed by atoms with Gasteiger partial charge >= 0.3 is 17.9 Å². The van der Waals surface area contributed by atoms with Gasteiger partial charge in [0.25, 0.3) is 0 Å². The molecule has 0 aliphatic rings. The van der Waals surface area contributed by atoms with Gasteiger partial charge in [-0.3, -0.25) is 9.59 Å². The second kappa shape index (κ2) is 51.6. The Morgan fingerprint density at radius 3 is 1.20 bits per heavy atom. The summed E-state index contributed by atoms with van der Waals surface area (Å²) in [6.45, 7) is 4.67. The Hall–Kier alpha value is -2.71. The molecule has 0 spiro atoms. The molecule has 0 aromatic carbocycles. The second-order valence-corrected chi connectivity index (χ2v) is 20.9. The summed E-state index contributed by atoms with van der Waals surface area (Å²) in [6.07, 6.45) is 64.6. The van der Waals surface area contributed by atoms with E-state index in [9.17, 15) is 19.5 Å². The van der Waals surface area contributed by atoms with Gasteiger partial charge in [0.2, 0.25) is 0 Å². The van der Waals surface area contributed by atoms with Gasteiger partial charge in [0.1, 0.15) is 6.61 Å². The molecule has 0 rings (SSSR count). The van der Waals surface area contributed by atoms with Crippen LogP contribution in [0.4, 0.5) is 0 Å². The fourth-order valence-electron chi connectivity index (χ4n) is 8.79. The minimum atomic E-state index is -0.873. The third-order valence-electron chi connectivity index (χ3n) is 13.2. The molecule has 1 N–H and O–H groups in total. The lowest BCUT2D eigenvalue weighted by molar-refractivity contribution is -0.887. The smallest absolute Gasteiger partial charge is 0.362 e. The molecule has 0 fully saturated rings. The number of carboxylic acid groups (broad SMARTS) is 1. The zero-order chi connectivity index (χ0) is 50.6. The number of allylic oxidation sites excluding steroid dienone is 8. The van der Waals surface area contributed by atoms with Gasteiger partial charge in [-0.2, -0.15) is 0 Å². The fourth-order valence-corrected chi connectivity index (χ4v) is 8.79. The maximum absolute atomic E-state index is 12.8. The highest BCUT2D eigenvalue weighted by atomic mass is 16.6. The molecule has 8 nitrogen and oxygen atoms in total. The van der Waals surface area contributed by atoms with Crippen molar-refractivity contribution in [1.82, 2.24) is 0 Å². The van der Waals surface area contributed by atoms with Gasteiger partial charge in [-0.15, -0.1) is 0 Å². The number of carboxylic acids is 1. The highest BCUT2D eigenvalue weighted by Gasteiger charge is 2.31. The maximum Gasteiger partial charge on any atom is 0.362 e. The summed E-state index contributed by atoms with van der Waals surface area (Å²) < 4.78 is 17.4. The van der Waals surface area contributed by atoms with Crippen molar-refractivity contribution in [3.8, 4) is 0 Å². The van der Waals surface area contributed by atoms with Crippen LogP contribution in [0.1, 0.15) is 271 Å². The van der Waals surface area contributed by atoms with E-state index in [1.165, 1.54) is 173 Å². The first-order valence-electron chi connectivity index (χ1n) is 29.2. The molecule has 0 amide bonds. The standard InChI is InChI=1S/C61H111NO7/c1-6-8-10-12-14-16-18-20-22-24-26-28-30-32-34-36-38-40-42-44-46-48-50-52-60(64)69-57(55-67-54-53-58(61(65)66)62(3,4)5)56-68-59(63)51-49-47-45-43-41-39-37-35-33-31-29-27-25-23-21-19-17-15-13-11-9-7-2/h8,10,14,16,20,22,26,28,57-58H,6-7,9,11-13,15,17-19,21,23-25,27,29-56H2,1-5H3/p+1/b10-8-,16-14-,22-20-,28-26-. The molecule has 0 heterocycles. The lowest BCUT2D eigenvalue weighted by Crippen LogP contribution is -2.50. The van der Waals surface area contributed by atoms with Crippen LogP contribution < -0.4 is 0 Å². The average Bonchev–Trinajstić information content (AvgIpc) is 3.31. The third kappa shape index (κ3) is 50.0. The summed E-state index contributed by atoms with van der Waals surface area (Å²) in [5, 5.41) is 9.68. The van der Waals surface area contributed by atoms with Crippen LogP contribution in [0.3, 0.4) is 0 Å². The lowest BCUT2D eigenvalue weighted by Gasteiger charge is -2.31. The maximum atomic E-state index is 12.8. The molecular weight excluding hydrogens is 859 g/mol. The van der Waals surface area contributed by atoms with Gasteiger partial charge in [-0.05, 0) is 51.4 Å². The lowest BCUT2D eigenvalue weighted by atomic mass is 10.0. The number of ether oxygens (including phenoxy) is 3. The van der Waals surface area contributed by atoms with Crippen molar-refractivity contribution in [1.29, 1.82) is 0 Å². The van der Waals surface area contributed by atoms with Crippen LogP contribution in [-0.4, -0.2) is 80.6 Å². The molecule has 8 heteroatoms. The molecule has 2 atom stereocenters. The normalized spacial score (nSPS) is 13.1. The monoisotopic (exact) mass is 971 g/mol. The molecule has 0 aromatic rings. The predicted molar refractivity (Wildman–Crippen MR) is 294 cm³/mol. The van der Waals surface area contributed by atoms with E-state index in [-0.39, 0.29) is 36.2 Å². The van der Waals surface area contributed by atoms with E-state index in [1.807, 2.05) is 21.1 Å². The van der Waals surface area contributed by atoms with Gasteiger partial charge < -0.3 is 23.8 Å². The Morgan fingerprint density at radius 2 is 0.812 bits per heavy atom. The van der Waals surface area contributed by atoms with E-state index in [2.05, 4.69) is 62.5 Å². The van der Waals surface area contributed by atoms with Crippen molar-refractivity contribution >= 4 is 17.9 Å². The van der Waals surface area contributed by atoms with Crippen LogP contribution >= 0.6 is 0 Å². The first-order chi connectivity index (χ1) is 33.6. The molecular formula is C61H112NO7+. The first kappa shape index (κ1) is 66.3. The van der Waals surface area contributed by atoms with Crippen LogP contribution in [0.25, 0.3) is 0 Å². The number of esters is 2. The van der Waals surface area contributed by atoms with Gasteiger partial charge in [-0.25, -0.2) is 4.79 Å². The number of carbonyl (C=O) groups is 3. The van der Waals surface area contributed by atoms with E-state index < -0.39 is 18.1 Å². The Kier molecular flexibility index (Phi) is 49.6. The van der Waals surface area contributed by atoms with E-state index in [4.69, 9.17) is 14.2 Å². The van der Waals surface area contributed by atoms with Crippen LogP contribution in [0.2, 0.25) is 0 Å². The zero-order valence-electron chi connectivity index (χ0n) is 46.0. The molecule has 2 unspecified atom stereocenters. The van der Waals surface area contributed by atoms with Gasteiger partial charge in [0, 0.05) is 19.3 Å². The number of unbranched alkanes of at least 4 members (excludes halogenated alkanes) is 31. The number of likely N-dealkylation sites (N-methyl/N-ethyl adjacent to an activating group) is 1. The number of nitrogens with zero attached hydrogens (tertiary/aromatic N) is 1. The molecule has 0 saturated heterocycles. The van der Waals surface area contributed by atoms with Gasteiger partial charge in [-0.1, -0.05) is 249 Å². The number of hydrogen-bond acceptors (Lipinski definition) is 6. The third-order valence-corrected chi connectivity index (χ3v) is 13.2. The summed E-state index contributed by atoms with van der Waals surface area (Å²) in [5.74, 6) is -1.45. The highest BCUT2D eigenvalue weighted by Crippen LogP contribution is 2.17. The number of aliphatic carboxylic acids is 1. The predicted octanol–water partition coefficient (Wildman–Crippen LogP) is 17.5. The van der Waals surface area contributed by atoms with Crippen molar-refractivity contribution in [2.45, 2.75) is 283 Å². The molecule has 0 bridgehead atoms. The Labute approximate surface area is 426 Å². The molecule has 402 valence electrons. The van der Waals surface area contributed by atoms with E-state index >= 15 is 0 Å². The quantitative estimate of drug-likeness (QED) is 0.0280. The van der Waals surface area contributed by atoms with E-state index in [0.717, 1.165) is 64.2 Å². The summed E-state index contributed by atoms with van der Waals surface area (Å²) in [5.41, 5.74) is 0. The fraction of sp³-hybridized carbons (Fsp3) is 0.820. The largest absolute Gasteiger partial charge is 0.477 e. The second-order valence-electron chi connectivity index (χ2n) is 20.9. The summed E-state index contributed by atoms with van der Waals surface area (Å²) >= 11 is 0. The minimum Gasteiger partial charge on any atom is -0.477 e. The molecule has 0 radical (unpaired) electrons. The van der Waals surface area contributed by atoms with Crippen LogP contribution in [0.5, 0.6) is 0 Å². The molecule has 0 saturated carbocycles. The molecule has 69 heavy (non-hydrogen) atoms. The Bertz CT molecular complexity index is 1270. The zero-order valence-corrected chi connectivity index (χ0v) is 46.0. The van der Waals surface area contributed by atoms with Gasteiger partial charge in [0.05, 0.1) is 34.4 Å². The van der Waals surface area contributed by atoms with Crippen LogP contribution in [0, 0.1) is 0 Å². The Balaban J connectivity index is 4.14. The highest BCUT2D eigenvalue weighted by molar-refractivity contribution is 5.72. The summed E-state index contributed by atoms with van der Waals surface area (Å²) in [4.78, 5) is 37.3. The average molecular weight is 972 g/mol. The topological polar surface area (TPSA) is 99.1 Å². The SMILES string of the molecule is CC/C=C\C/C=C\C/C=C\C/C=C\CCCCCCCCCCCCC(=O)OC(COCCC(C(=O)O)[N+](C)(C)C)COC(=O)CCCCCCCCCCCCCCCCCCCCCCCC. The van der Waals surface area contributed by atoms with Crippen molar-refractivity contribution in [2.75, 3.05) is 41.0 Å². The molecule has 0 aliphatic carbocycles. The number of hydrogen-bond donors (Lipinski definition) is 1. The number of quaternary nitrogens is 1. The number of rotatable bonds is 53. The van der Waals surface area contributed by atoms with E-state index in [0.29, 0.717) is 19.3 Å². The van der Waals surface area contributed by atoms with Crippen molar-refractivity contribution in [2.24, 2.45) is 0 Å². The van der Waals surface area contributed by atoms with Gasteiger partial charge in [0.15, 0.2) is 12.1 Å². The summed E-state index contributed by atoms with van der Waals surface area (Å²) in [7, 11) is 5.55. The van der Waals surface area contributed by atoms with Crippen LogP contribution in [0.15, 0.2) is 48.6 Å². The minimum absolute atomic E-state index is 0.0496. The first-order valence-corrected chi connectivity index (χ1v) is 29.2. The Morgan fingerprint density at radius 1 is 0.449 bits per heavy atom. The molecule has 0 aromatic heterocycles. The molecule has 0 aliphatic heterocycles. The number of carbonyl (C=O) groups excluding carboxylic acids is 2. The van der Waals surface area contributed by atoms with Crippen molar-refractivity contribution in [3.63, 3.8) is 0 Å². The van der Waals surface area contributed by atoms with Crippen LogP contribution in [-0.2, 0) is 28.6 Å². The van der Waals surface area contributed by atoms with E-state index in [1.54, 1.807) is 0 Å². The summed E-state index contributed by atoms with van der Waals surface area (Å²) in [6, 6.07) is -0.616. The van der Waals surface area contributed by atoms with Crippen molar-refractivity contribution in [3.05, 3.63) is 48.6 Å².